The molecule has 0 unspecified atom stereocenters. The van der Waals surface area contributed by atoms with Crippen LogP contribution >= 0.6 is 31.9 Å². The highest BCUT2D eigenvalue weighted by molar-refractivity contribution is 9.10. The number of benzene rings is 2. The fourth-order valence-electron chi connectivity index (χ4n) is 2.68. The molecule has 0 radical (unpaired) electrons. The molecule has 1 heterocycles. The van der Waals surface area contributed by atoms with Gasteiger partial charge in [0, 0.05) is 32.2 Å². The van der Waals surface area contributed by atoms with Gasteiger partial charge in [-0.1, -0.05) is 50.9 Å². The number of halogens is 2. The third-order valence-corrected chi connectivity index (χ3v) is 5.10. The lowest BCUT2D eigenvalue weighted by Gasteiger charge is -2.31. The lowest BCUT2D eigenvalue weighted by atomic mass is 9.96. The molecule has 0 aliphatic carbocycles. The highest BCUT2D eigenvalue weighted by atomic mass is 79.9. The van der Waals surface area contributed by atoms with Gasteiger partial charge >= 0.3 is 0 Å². The Morgan fingerprint density at radius 3 is 2.21 bits per heavy atom. The maximum atomic E-state index is 12.9. The fourth-order valence-corrected chi connectivity index (χ4v) is 3.21. The minimum absolute atomic E-state index is 0.313. The number of carbonyl (C=O) groups excluding carboxylic acids is 1. The fraction of sp³-hybridized carbons (Fsp3) is 0.222. The van der Waals surface area contributed by atoms with E-state index in [9.17, 15) is 9.90 Å². The Morgan fingerprint density at radius 2 is 1.67 bits per heavy atom. The Balaban J connectivity index is 2.01. The highest BCUT2D eigenvalue weighted by Crippen LogP contribution is 2.37. The van der Waals surface area contributed by atoms with E-state index in [1.807, 2.05) is 19.1 Å². The lowest BCUT2D eigenvalue weighted by Crippen LogP contribution is -2.43. The normalized spacial score (nSPS) is 20.2. The maximum absolute atomic E-state index is 12.9. The molecule has 1 aliphatic heterocycles. The summed E-state index contributed by atoms with van der Waals surface area (Å²) in [6.07, 6.45) is 0.996. The van der Waals surface area contributed by atoms with Crippen LogP contribution in [-0.2, 0) is 5.72 Å². The second-order valence-corrected chi connectivity index (χ2v) is 7.48. The molecule has 0 saturated carbocycles. The molecule has 1 aliphatic rings. The molecule has 0 bridgehead atoms. The van der Waals surface area contributed by atoms with Crippen LogP contribution in [-0.4, -0.2) is 21.7 Å². The zero-order chi connectivity index (χ0) is 17.3. The predicted octanol–water partition coefficient (Wildman–Crippen LogP) is 4.67. The van der Waals surface area contributed by atoms with Crippen molar-refractivity contribution in [2.75, 3.05) is 0 Å². The molecular weight excluding hydrogens is 436 g/mol. The number of hydrogen-bond donors (Lipinski definition) is 1. The van der Waals surface area contributed by atoms with Crippen LogP contribution in [0.25, 0.3) is 0 Å². The van der Waals surface area contributed by atoms with E-state index in [4.69, 9.17) is 0 Å². The summed E-state index contributed by atoms with van der Waals surface area (Å²) in [5.41, 5.74) is 0.458. The molecule has 3 rings (SSSR count). The first-order chi connectivity index (χ1) is 11.4. The molecule has 1 N–H and O–H groups in total. The average Bonchev–Trinajstić information content (AvgIpc) is 2.93. The molecule has 24 heavy (non-hydrogen) atoms. The number of hydrogen-bond acceptors (Lipinski definition) is 3. The van der Waals surface area contributed by atoms with Gasteiger partial charge in [0.1, 0.15) is 0 Å². The molecule has 1 atom stereocenters. The summed E-state index contributed by atoms with van der Waals surface area (Å²) in [5, 5.41) is 16.9. The van der Waals surface area contributed by atoms with Gasteiger partial charge < -0.3 is 5.11 Å². The zero-order valence-corrected chi connectivity index (χ0v) is 16.2. The van der Waals surface area contributed by atoms with Gasteiger partial charge in [-0.15, -0.1) is 0 Å². The average molecular weight is 452 g/mol. The molecule has 0 fully saturated rings. The first-order valence-corrected chi connectivity index (χ1v) is 9.17. The van der Waals surface area contributed by atoms with Crippen molar-refractivity contribution >= 4 is 43.5 Å². The van der Waals surface area contributed by atoms with E-state index in [2.05, 4.69) is 37.0 Å². The summed E-state index contributed by atoms with van der Waals surface area (Å²) in [7, 11) is 0. The van der Waals surface area contributed by atoms with Crippen LogP contribution in [0.1, 0.15) is 35.7 Å². The Kier molecular flexibility index (Phi) is 4.90. The van der Waals surface area contributed by atoms with Crippen LogP contribution in [0.2, 0.25) is 0 Å². The van der Waals surface area contributed by atoms with Crippen LogP contribution < -0.4 is 0 Å². The minimum atomic E-state index is -1.46. The van der Waals surface area contributed by atoms with Crippen LogP contribution in [0.15, 0.2) is 62.6 Å². The molecule has 6 heteroatoms. The van der Waals surface area contributed by atoms with Gasteiger partial charge in [-0.3, -0.25) is 4.79 Å². The standard InChI is InChI=1S/C18H16Br2N2O2/c1-2-16-11-18(24,13-5-9-15(20)10-6-13)22(21-16)17(23)12-3-7-14(19)8-4-12/h3-10,24H,2,11H2,1H3/t18-/m0/s1. The van der Waals surface area contributed by atoms with Crippen LogP contribution in [0.5, 0.6) is 0 Å². The SMILES string of the molecule is CCC1=NN(C(=O)c2ccc(Br)cc2)[C@@](O)(c2ccc(Br)cc2)C1. The summed E-state index contributed by atoms with van der Waals surface area (Å²) < 4.78 is 1.80. The molecule has 0 spiro atoms. The Hall–Kier alpha value is -1.50. The summed E-state index contributed by atoms with van der Waals surface area (Å²) in [6, 6.07) is 14.3. The van der Waals surface area contributed by atoms with Gasteiger partial charge in [0.25, 0.3) is 5.91 Å². The molecular formula is C18H16Br2N2O2. The largest absolute Gasteiger partial charge is 0.365 e. The quantitative estimate of drug-likeness (QED) is 0.737. The number of amides is 1. The van der Waals surface area contributed by atoms with Crippen molar-refractivity contribution in [1.29, 1.82) is 0 Å². The molecule has 4 nitrogen and oxygen atoms in total. The number of hydrazone groups is 1. The first kappa shape index (κ1) is 17.3. The number of carbonyl (C=O) groups is 1. The third-order valence-electron chi connectivity index (χ3n) is 4.04. The number of aliphatic hydroxyl groups is 1. The molecule has 124 valence electrons. The van der Waals surface area contributed by atoms with E-state index >= 15 is 0 Å². The molecule has 2 aromatic carbocycles. The van der Waals surface area contributed by atoms with Gasteiger partial charge in [-0.05, 0) is 42.8 Å². The monoisotopic (exact) mass is 450 g/mol. The van der Waals surface area contributed by atoms with Crippen molar-refractivity contribution in [1.82, 2.24) is 5.01 Å². The summed E-state index contributed by atoms with van der Waals surface area (Å²) in [5.74, 6) is -0.323. The summed E-state index contributed by atoms with van der Waals surface area (Å²) in [6.45, 7) is 1.97. The van der Waals surface area contributed by atoms with Crippen LogP contribution in [0.3, 0.4) is 0 Å². The Morgan fingerprint density at radius 1 is 1.12 bits per heavy atom. The number of nitrogens with zero attached hydrogens (tertiary/aromatic N) is 2. The molecule has 0 saturated heterocycles. The first-order valence-electron chi connectivity index (χ1n) is 7.59. The summed E-state index contributed by atoms with van der Waals surface area (Å²) >= 11 is 6.75. The van der Waals surface area contributed by atoms with E-state index in [1.165, 1.54) is 5.01 Å². The molecule has 1 amide bonds. The third kappa shape index (κ3) is 3.18. The van der Waals surface area contributed by atoms with Gasteiger partial charge in [0.05, 0.1) is 0 Å². The van der Waals surface area contributed by atoms with Crippen molar-refractivity contribution < 1.29 is 9.90 Å². The highest BCUT2D eigenvalue weighted by Gasteiger charge is 2.45. The maximum Gasteiger partial charge on any atom is 0.276 e. The predicted molar refractivity (Wildman–Crippen MR) is 101 cm³/mol. The van der Waals surface area contributed by atoms with E-state index in [-0.39, 0.29) is 5.91 Å². The Bertz CT molecular complexity index is 788. The van der Waals surface area contributed by atoms with E-state index in [0.717, 1.165) is 14.7 Å². The number of rotatable bonds is 3. The van der Waals surface area contributed by atoms with Crippen molar-refractivity contribution in [3.63, 3.8) is 0 Å². The molecule has 2 aromatic rings. The minimum Gasteiger partial charge on any atom is -0.365 e. The van der Waals surface area contributed by atoms with Gasteiger partial charge in [-0.25, -0.2) is 0 Å². The topological polar surface area (TPSA) is 52.9 Å². The van der Waals surface area contributed by atoms with Gasteiger partial charge in [0.2, 0.25) is 0 Å². The van der Waals surface area contributed by atoms with E-state index in [1.54, 1.807) is 36.4 Å². The summed E-state index contributed by atoms with van der Waals surface area (Å²) in [4.78, 5) is 12.9. The van der Waals surface area contributed by atoms with Crippen LogP contribution in [0.4, 0.5) is 0 Å². The van der Waals surface area contributed by atoms with Gasteiger partial charge in [-0.2, -0.15) is 10.1 Å². The van der Waals surface area contributed by atoms with Gasteiger partial charge in [0.15, 0.2) is 5.72 Å². The Labute approximate surface area is 157 Å². The van der Waals surface area contributed by atoms with Crippen molar-refractivity contribution in [3.05, 3.63) is 68.6 Å². The smallest absolute Gasteiger partial charge is 0.276 e. The van der Waals surface area contributed by atoms with Crippen LogP contribution in [0, 0.1) is 0 Å². The van der Waals surface area contributed by atoms with Crippen molar-refractivity contribution in [3.8, 4) is 0 Å². The zero-order valence-electron chi connectivity index (χ0n) is 13.0. The van der Waals surface area contributed by atoms with E-state index < -0.39 is 5.72 Å². The van der Waals surface area contributed by atoms with Crippen molar-refractivity contribution in [2.45, 2.75) is 25.5 Å². The van der Waals surface area contributed by atoms with E-state index in [0.29, 0.717) is 24.0 Å². The second-order valence-electron chi connectivity index (χ2n) is 5.64. The lowest BCUT2D eigenvalue weighted by molar-refractivity contribution is -0.0765. The molecule has 0 aromatic heterocycles. The second kappa shape index (κ2) is 6.78. The van der Waals surface area contributed by atoms with Crippen molar-refractivity contribution in [2.24, 2.45) is 5.10 Å².